The Bertz CT molecular complexity index is 1130. The van der Waals surface area contributed by atoms with Gasteiger partial charge in [-0.25, -0.2) is 19.8 Å². The van der Waals surface area contributed by atoms with Crippen LogP contribution >= 0.6 is 0 Å². The Kier molecular flexibility index (Phi) is 5.71. The monoisotopic (exact) mass is 393 g/mol. The molecule has 0 aliphatic heterocycles. The van der Waals surface area contributed by atoms with Gasteiger partial charge in [0.1, 0.15) is 5.69 Å². The lowest BCUT2D eigenvalue weighted by Gasteiger charge is -2.08. The van der Waals surface area contributed by atoms with E-state index in [9.17, 15) is 4.79 Å². The number of hydrogen-bond donors (Lipinski definition) is 0. The van der Waals surface area contributed by atoms with Gasteiger partial charge in [-0.3, -0.25) is 0 Å². The molecule has 4 rings (SSSR count). The van der Waals surface area contributed by atoms with Crippen LogP contribution in [0, 0.1) is 0 Å². The van der Waals surface area contributed by atoms with E-state index in [1.54, 1.807) is 30.6 Å². The molecule has 0 bridgehead atoms. The summed E-state index contributed by atoms with van der Waals surface area (Å²) in [6.45, 7) is 0. The highest BCUT2D eigenvalue weighted by atomic mass is 16.5. The maximum atomic E-state index is 12.0. The minimum absolute atomic E-state index is 0.422. The van der Waals surface area contributed by atoms with E-state index in [0.717, 1.165) is 16.8 Å². The van der Waals surface area contributed by atoms with Crippen LogP contribution in [-0.4, -0.2) is 28.8 Å². The van der Waals surface area contributed by atoms with Crippen molar-refractivity contribution in [3.63, 3.8) is 0 Å². The highest BCUT2D eigenvalue weighted by Crippen LogP contribution is 2.23. The first kappa shape index (κ1) is 19.2. The molecule has 0 fully saturated rings. The molecule has 5 heteroatoms. The van der Waals surface area contributed by atoms with Crippen molar-refractivity contribution in [3.8, 4) is 11.4 Å². The fraction of sp³-hybridized carbons (Fsp3) is 0.0400. The van der Waals surface area contributed by atoms with Crippen LogP contribution in [-0.2, 0) is 4.74 Å². The average Bonchev–Trinajstić information content (AvgIpc) is 2.83. The summed E-state index contributed by atoms with van der Waals surface area (Å²) in [5.41, 5.74) is 4.50. The second-order valence-electron chi connectivity index (χ2n) is 6.49. The topological polar surface area (TPSA) is 64.4 Å². The van der Waals surface area contributed by atoms with Gasteiger partial charge in [0.05, 0.1) is 30.8 Å². The minimum Gasteiger partial charge on any atom is -0.465 e. The van der Waals surface area contributed by atoms with Crippen molar-refractivity contribution in [2.75, 3.05) is 7.11 Å². The molecule has 0 unspecified atom stereocenters. The number of hydrogen-bond acceptors (Lipinski definition) is 5. The van der Waals surface area contributed by atoms with E-state index in [1.807, 2.05) is 66.7 Å². The summed E-state index contributed by atoms with van der Waals surface area (Å²) in [5, 5.41) is 0. The van der Waals surface area contributed by atoms with Crippen LogP contribution in [0.1, 0.15) is 21.5 Å². The Balaban J connectivity index is 1.73. The van der Waals surface area contributed by atoms with Gasteiger partial charge < -0.3 is 4.74 Å². The number of methoxy groups -OCH3 is 1. The van der Waals surface area contributed by atoms with E-state index in [-0.39, 0.29) is 0 Å². The number of esters is 1. The molecule has 0 saturated heterocycles. The molecular formula is C25H19N3O2. The normalized spacial score (nSPS) is 10.3. The first-order valence-electron chi connectivity index (χ1n) is 9.45. The van der Waals surface area contributed by atoms with Crippen LogP contribution < -0.4 is 0 Å². The van der Waals surface area contributed by atoms with Crippen LogP contribution in [0.25, 0.3) is 11.4 Å². The van der Waals surface area contributed by atoms with Gasteiger partial charge in [0.15, 0.2) is 5.82 Å². The summed E-state index contributed by atoms with van der Waals surface area (Å²) in [6, 6.07) is 27.1. The molecule has 1 aromatic heterocycles. The Morgan fingerprint density at radius 3 is 1.87 bits per heavy atom. The van der Waals surface area contributed by atoms with Crippen LogP contribution in [0.5, 0.6) is 0 Å². The third-order valence-corrected chi connectivity index (χ3v) is 4.55. The summed E-state index contributed by atoms with van der Waals surface area (Å²) >= 11 is 0. The van der Waals surface area contributed by atoms with Gasteiger partial charge in [-0.05, 0) is 6.07 Å². The molecule has 0 radical (unpaired) electrons. The van der Waals surface area contributed by atoms with E-state index < -0.39 is 5.97 Å². The Labute approximate surface area is 174 Å². The van der Waals surface area contributed by atoms with Crippen LogP contribution in [0.3, 0.4) is 0 Å². The lowest BCUT2D eigenvalue weighted by molar-refractivity contribution is 0.0601. The molecule has 5 nitrogen and oxygen atoms in total. The number of nitrogens with zero attached hydrogens (tertiary/aromatic N) is 3. The summed E-state index contributed by atoms with van der Waals surface area (Å²) in [5.74, 6) is 0.0164. The highest BCUT2D eigenvalue weighted by molar-refractivity contribution is 6.13. The number of benzene rings is 3. The number of aliphatic imine (C=N–C) groups is 1. The summed E-state index contributed by atoms with van der Waals surface area (Å²) < 4.78 is 4.86. The van der Waals surface area contributed by atoms with Crippen molar-refractivity contribution in [1.82, 2.24) is 9.97 Å². The van der Waals surface area contributed by atoms with E-state index in [2.05, 4.69) is 9.97 Å². The molecule has 0 N–H and O–H groups in total. The van der Waals surface area contributed by atoms with Crippen molar-refractivity contribution < 1.29 is 9.53 Å². The van der Waals surface area contributed by atoms with Gasteiger partial charge in [0.25, 0.3) is 0 Å². The molecule has 4 aromatic rings. The molecule has 0 saturated carbocycles. The Morgan fingerprint density at radius 2 is 1.30 bits per heavy atom. The number of aromatic nitrogens is 2. The number of rotatable bonds is 5. The van der Waals surface area contributed by atoms with Gasteiger partial charge in [0.2, 0.25) is 0 Å². The third kappa shape index (κ3) is 4.15. The summed E-state index contributed by atoms with van der Waals surface area (Å²) in [6.07, 6.45) is 3.31. The fourth-order valence-electron chi connectivity index (χ4n) is 3.10. The predicted octanol–water partition coefficient (Wildman–Crippen LogP) is 5.10. The molecule has 0 spiro atoms. The van der Waals surface area contributed by atoms with Gasteiger partial charge in [-0.1, -0.05) is 78.9 Å². The van der Waals surface area contributed by atoms with Gasteiger partial charge in [0, 0.05) is 16.7 Å². The summed E-state index contributed by atoms with van der Waals surface area (Å²) in [7, 11) is 1.35. The lowest BCUT2D eigenvalue weighted by Crippen LogP contribution is -2.05. The van der Waals surface area contributed by atoms with Crippen molar-refractivity contribution in [2.45, 2.75) is 0 Å². The first-order chi connectivity index (χ1) is 14.8. The van der Waals surface area contributed by atoms with Crippen molar-refractivity contribution in [2.24, 2.45) is 4.99 Å². The zero-order valence-corrected chi connectivity index (χ0v) is 16.4. The zero-order chi connectivity index (χ0) is 20.8. The second-order valence-corrected chi connectivity index (χ2v) is 6.49. The highest BCUT2D eigenvalue weighted by Gasteiger charge is 2.14. The SMILES string of the molecule is COC(=O)c1ccccc1-c1ncc(N=C(c2ccccc2)c2ccccc2)cn1. The predicted molar refractivity (Wildman–Crippen MR) is 117 cm³/mol. The molecule has 0 aliphatic carbocycles. The maximum Gasteiger partial charge on any atom is 0.338 e. The second kappa shape index (κ2) is 8.92. The van der Waals surface area contributed by atoms with Gasteiger partial charge in [-0.15, -0.1) is 0 Å². The molecule has 146 valence electrons. The molecule has 1 heterocycles. The molecule has 0 amide bonds. The van der Waals surface area contributed by atoms with Crippen LogP contribution in [0.4, 0.5) is 5.69 Å². The van der Waals surface area contributed by atoms with Gasteiger partial charge in [-0.2, -0.15) is 0 Å². The zero-order valence-electron chi connectivity index (χ0n) is 16.4. The van der Waals surface area contributed by atoms with Crippen LogP contribution in [0.15, 0.2) is 102 Å². The number of carbonyl (C=O) groups excluding carboxylic acids is 1. The van der Waals surface area contributed by atoms with Crippen molar-refractivity contribution >= 4 is 17.4 Å². The standard InChI is InChI=1S/C25H19N3O2/c1-30-25(29)22-15-9-8-14-21(22)24-26-16-20(17-27-24)28-23(18-10-4-2-5-11-18)19-12-6-3-7-13-19/h2-17H,1H3. The Hall–Kier alpha value is -4.12. The maximum absolute atomic E-state index is 12.0. The molecule has 3 aromatic carbocycles. The summed E-state index contributed by atoms with van der Waals surface area (Å²) in [4.78, 5) is 25.7. The lowest BCUT2D eigenvalue weighted by atomic mass is 10.0. The molecule has 30 heavy (non-hydrogen) atoms. The van der Waals surface area contributed by atoms with E-state index in [0.29, 0.717) is 22.6 Å². The van der Waals surface area contributed by atoms with Crippen LogP contribution in [0.2, 0.25) is 0 Å². The molecule has 0 aliphatic rings. The van der Waals surface area contributed by atoms with E-state index in [1.165, 1.54) is 7.11 Å². The quantitative estimate of drug-likeness (QED) is 0.350. The number of carbonyl (C=O) groups is 1. The van der Waals surface area contributed by atoms with E-state index >= 15 is 0 Å². The Morgan fingerprint density at radius 1 is 0.767 bits per heavy atom. The minimum atomic E-state index is -0.424. The molecule has 0 atom stereocenters. The first-order valence-corrected chi connectivity index (χ1v) is 9.45. The fourth-order valence-corrected chi connectivity index (χ4v) is 3.10. The average molecular weight is 393 g/mol. The largest absolute Gasteiger partial charge is 0.465 e. The van der Waals surface area contributed by atoms with Crippen molar-refractivity contribution in [3.05, 3.63) is 114 Å². The third-order valence-electron chi connectivity index (χ3n) is 4.55. The number of ether oxygens (including phenoxy) is 1. The van der Waals surface area contributed by atoms with Gasteiger partial charge >= 0.3 is 5.97 Å². The van der Waals surface area contributed by atoms with E-state index in [4.69, 9.17) is 9.73 Å². The van der Waals surface area contributed by atoms with Crippen molar-refractivity contribution in [1.29, 1.82) is 0 Å². The molecular weight excluding hydrogens is 374 g/mol. The smallest absolute Gasteiger partial charge is 0.338 e.